The lowest BCUT2D eigenvalue weighted by Gasteiger charge is -2.28. The molecule has 27 heavy (non-hydrogen) atoms. The highest BCUT2D eigenvalue weighted by Crippen LogP contribution is 2.19. The van der Waals surface area contributed by atoms with Crippen molar-refractivity contribution in [1.82, 2.24) is 30.9 Å². The van der Waals surface area contributed by atoms with E-state index in [1.54, 1.807) is 6.20 Å². The topological polar surface area (TPSA) is 162 Å². The van der Waals surface area contributed by atoms with Gasteiger partial charge in [-0.1, -0.05) is 0 Å². The molecule has 4 amide bonds. The minimum Gasteiger partial charge on any atom is -0.348 e. The maximum atomic E-state index is 13.1. The number of rotatable bonds is 6. The molecule has 11 heteroatoms. The van der Waals surface area contributed by atoms with Crippen molar-refractivity contribution in [2.24, 2.45) is 5.84 Å². The Labute approximate surface area is 155 Å². The van der Waals surface area contributed by atoms with Gasteiger partial charge in [-0.2, -0.15) is 0 Å². The summed E-state index contributed by atoms with van der Waals surface area (Å²) in [6.45, 7) is 0.409. The Morgan fingerprint density at radius 3 is 2.78 bits per heavy atom. The van der Waals surface area contributed by atoms with E-state index in [0.717, 1.165) is 0 Å². The van der Waals surface area contributed by atoms with Gasteiger partial charge < -0.3 is 20.5 Å². The highest BCUT2D eigenvalue weighted by Gasteiger charge is 2.38. The number of carbonyl (C=O) groups is 4. The van der Waals surface area contributed by atoms with Crippen LogP contribution >= 0.6 is 0 Å². The molecule has 0 aromatic carbocycles. The van der Waals surface area contributed by atoms with Crippen LogP contribution in [0, 0.1) is 0 Å². The molecule has 3 heterocycles. The number of H-pyrrole nitrogens is 1. The number of carbonyl (C=O) groups excluding carboxylic acids is 4. The normalized spacial score (nSPS) is 23.0. The Hall–Kier alpha value is -2.95. The quantitative estimate of drug-likeness (QED) is 0.213. The predicted molar refractivity (Wildman–Crippen MR) is 92.5 cm³/mol. The average Bonchev–Trinajstić information content (AvgIpc) is 3.41. The number of nitrogens with two attached hydrogens (primary N) is 1. The van der Waals surface area contributed by atoms with Crippen molar-refractivity contribution in [3.8, 4) is 0 Å². The molecule has 3 atom stereocenters. The van der Waals surface area contributed by atoms with E-state index in [4.69, 9.17) is 5.84 Å². The number of imidazole rings is 1. The maximum absolute atomic E-state index is 13.1. The van der Waals surface area contributed by atoms with Crippen LogP contribution in [0.5, 0.6) is 0 Å². The maximum Gasteiger partial charge on any atom is 0.256 e. The second-order valence-corrected chi connectivity index (χ2v) is 6.70. The highest BCUT2D eigenvalue weighted by molar-refractivity contribution is 5.95. The number of likely N-dealkylation sites (tertiary alicyclic amines) is 1. The average molecular weight is 377 g/mol. The number of aromatic amines is 1. The molecule has 2 fully saturated rings. The van der Waals surface area contributed by atoms with Crippen molar-refractivity contribution in [1.29, 1.82) is 0 Å². The summed E-state index contributed by atoms with van der Waals surface area (Å²) in [7, 11) is 0. The third-order valence-corrected chi connectivity index (χ3v) is 4.89. The van der Waals surface area contributed by atoms with E-state index in [2.05, 4.69) is 26.0 Å². The van der Waals surface area contributed by atoms with Gasteiger partial charge in [0.2, 0.25) is 17.7 Å². The molecule has 2 aliphatic heterocycles. The first-order valence-electron chi connectivity index (χ1n) is 8.87. The number of hydrogen-bond acceptors (Lipinski definition) is 6. The van der Waals surface area contributed by atoms with Gasteiger partial charge in [0.05, 0.1) is 6.33 Å². The Morgan fingerprint density at radius 1 is 1.33 bits per heavy atom. The van der Waals surface area contributed by atoms with Gasteiger partial charge in [-0.25, -0.2) is 10.8 Å². The van der Waals surface area contributed by atoms with Crippen LogP contribution in [-0.4, -0.2) is 63.2 Å². The molecule has 3 rings (SSSR count). The zero-order valence-corrected chi connectivity index (χ0v) is 14.7. The van der Waals surface area contributed by atoms with E-state index in [1.807, 2.05) is 0 Å². The van der Waals surface area contributed by atoms with Crippen molar-refractivity contribution in [3.05, 3.63) is 18.2 Å². The largest absolute Gasteiger partial charge is 0.348 e. The monoisotopic (exact) mass is 377 g/mol. The molecule has 2 aliphatic rings. The van der Waals surface area contributed by atoms with Crippen LogP contribution in [0.4, 0.5) is 0 Å². The molecule has 6 N–H and O–H groups in total. The van der Waals surface area contributed by atoms with Gasteiger partial charge in [0.15, 0.2) is 0 Å². The number of amides is 4. The molecule has 2 saturated heterocycles. The van der Waals surface area contributed by atoms with Crippen LogP contribution in [-0.2, 0) is 25.6 Å². The van der Waals surface area contributed by atoms with E-state index in [1.165, 1.54) is 11.2 Å². The van der Waals surface area contributed by atoms with Gasteiger partial charge in [0.25, 0.3) is 5.91 Å². The number of nitrogens with one attached hydrogen (secondary N) is 4. The Bertz CT molecular complexity index is 720. The first-order valence-corrected chi connectivity index (χ1v) is 8.87. The molecule has 0 radical (unpaired) electrons. The lowest BCUT2D eigenvalue weighted by molar-refractivity contribution is -0.141. The fourth-order valence-electron chi connectivity index (χ4n) is 3.50. The van der Waals surface area contributed by atoms with Gasteiger partial charge in [0.1, 0.15) is 18.1 Å². The summed E-state index contributed by atoms with van der Waals surface area (Å²) < 4.78 is 0. The molecular formula is C16H23N7O4. The lowest BCUT2D eigenvalue weighted by atomic mass is 10.1. The van der Waals surface area contributed by atoms with E-state index >= 15 is 0 Å². The van der Waals surface area contributed by atoms with Crippen LogP contribution < -0.4 is 21.9 Å². The predicted octanol–water partition coefficient (Wildman–Crippen LogP) is -2.30. The third kappa shape index (κ3) is 4.25. The van der Waals surface area contributed by atoms with Gasteiger partial charge in [0, 0.05) is 31.3 Å². The van der Waals surface area contributed by atoms with Crippen LogP contribution in [0.25, 0.3) is 0 Å². The summed E-state index contributed by atoms with van der Waals surface area (Å²) in [5, 5.41) is 5.30. The van der Waals surface area contributed by atoms with Crippen LogP contribution in [0.1, 0.15) is 31.4 Å². The second kappa shape index (κ2) is 8.16. The van der Waals surface area contributed by atoms with Crippen molar-refractivity contribution in [2.75, 3.05) is 6.54 Å². The molecule has 0 bridgehead atoms. The Morgan fingerprint density at radius 2 is 2.15 bits per heavy atom. The molecule has 0 spiro atoms. The number of aromatic nitrogens is 2. The molecule has 0 aliphatic carbocycles. The molecule has 0 unspecified atom stereocenters. The number of hydrazine groups is 1. The summed E-state index contributed by atoms with van der Waals surface area (Å²) in [4.78, 5) is 57.2. The fraction of sp³-hybridized carbons (Fsp3) is 0.562. The second-order valence-electron chi connectivity index (χ2n) is 6.70. The first kappa shape index (κ1) is 18.8. The number of hydrogen-bond donors (Lipinski definition) is 5. The standard InChI is InChI=1S/C16H23N7O4/c17-22-15(26)12-2-1-5-23(12)16(27)11(6-9-7-18-8-19-9)21-14(25)10-3-4-13(24)20-10/h7-8,10-12H,1-6,17H2,(H,18,19)(H,20,24)(H,21,25)(H,22,26)/t10-,11-,12-/m0/s1. The van der Waals surface area contributed by atoms with Gasteiger partial charge >= 0.3 is 0 Å². The lowest BCUT2D eigenvalue weighted by Crippen LogP contribution is -2.56. The van der Waals surface area contributed by atoms with E-state index in [0.29, 0.717) is 31.5 Å². The van der Waals surface area contributed by atoms with E-state index in [-0.39, 0.29) is 24.7 Å². The minimum atomic E-state index is -0.887. The Kier molecular flexibility index (Phi) is 5.69. The highest BCUT2D eigenvalue weighted by atomic mass is 16.2. The zero-order valence-electron chi connectivity index (χ0n) is 14.7. The van der Waals surface area contributed by atoms with Crippen LogP contribution in [0.3, 0.4) is 0 Å². The molecule has 0 saturated carbocycles. The van der Waals surface area contributed by atoms with Gasteiger partial charge in [-0.15, -0.1) is 0 Å². The van der Waals surface area contributed by atoms with Gasteiger partial charge in [-0.05, 0) is 19.3 Å². The summed E-state index contributed by atoms with van der Waals surface area (Å²) >= 11 is 0. The minimum absolute atomic E-state index is 0.189. The zero-order chi connectivity index (χ0) is 19.4. The molecule has 11 nitrogen and oxygen atoms in total. The Balaban J connectivity index is 1.74. The van der Waals surface area contributed by atoms with Crippen LogP contribution in [0.2, 0.25) is 0 Å². The molecular weight excluding hydrogens is 354 g/mol. The molecule has 1 aromatic rings. The SMILES string of the molecule is NNC(=O)[C@@H]1CCCN1C(=O)[C@H](Cc1cnc[nH]1)NC(=O)[C@@H]1CCC(=O)N1. The van der Waals surface area contributed by atoms with E-state index in [9.17, 15) is 19.2 Å². The summed E-state index contributed by atoms with van der Waals surface area (Å²) in [6, 6.07) is -2.20. The van der Waals surface area contributed by atoms with Gasteiger partial charge in [-0.3, -0.25) is 24.6 Å². The smallest absolute Gasteiger partial charge is 0.256 e. The molecule has 146 valence electrons. The van der Waals surface area contributed by atoms with Crippen LogP contribution in [0.15, 0.2) is 12.5 Å². The van der Waals surface area contributed by atoms with E-state index < -0.39 is 29.9 Å². The van der Waals surface area contributed by atoms with Crippen molar-refractivity contribution < 1.29 is 19.2 Å². The first-order chi connectivity index (χ1) is 13.0. The van der Waals surface area contributed by atoms with Crippen molar-refractivity contribution in [3.63, 3.8) is 0 Å². The van der Waals surface area contributed by atoms with Crippen molar-refractivity contribution in [2.45, 2.75) is 50.2 Å². The molecule has 1 aromatic heterocycles. The third-order valence-electron chi connectivity index (χ3n) is 4.89. The summed E-state index contributed by atoms with van der Waals surface area (Å²) in [6.07, 6.45) is 5.10. The summed E-state index contributed by atoms with van der Waals surface area (Å²) in [5.74, 6) is 3.81. The summed E-state index contributed by atoms with van der Waals surface area (Å²) in [5.41, 5.74) is 2.75. The number of nitrogens with zero attached hydrogens (tertiary/aromatic N) is 2. The fourth-order valence-corrected chi connectivity index (χ4v) is 3.50. The van der Waals surface area contributed by atoms with Crippen molar-refractivity contribution >= 4 is 23.6 Å².